The first-order chi connectivity index (χ1) is 11.6. The van der Waals surface area contributed by atoms with Gasteiger partial charge in [-0.1, -0.05) is 30.3 Å². The molecule has 0 fully saturated rings. The van der Waals surface area contributed by atoms with Crippen molar-refractivity contribution in [3.8, 4) is 5.75 Å². The Labute approximate surface area is 141 Å². The second-order valence-electron chi connectivity index (χ2n) is 6.16. The first-order valence-corrected chi connectivity index (χ1v) is 8.24. The standard InChI is InChI=1S/C20H22N2O2/c21-18(12-14-8-10-16(23)11-9-14)20(24)7-3-4-15-13-22-19-6-2-1-5-17(15)19/h1-2,5-6,8-11,13,18,22-23H,3-4,7,12,21H2. The van der Waals surface area contributed by atoms with Gasteiger partial charge in [0.1, 0.15) is 11.5 Å². The second kappa shape index (κ2) is 7.32. The van der Waals surface area contributed by atoms with E-state index in [9.17, 15) is 9.90 Å². The van der Waals surface area contributed by atoms with E-state index in [0.717, 1.165) is 23.9 Å². The number of rotatable bonds is 7. The number of hydrogen-bond acceptors (Lipinski definition) is 3. The van der Waals surface area contributed by atoms with Gasteiger partial charge in [0.25, 0.3) is 0 Å². The van der Waals surface area contributed by atoms with Gasteiger partial charge in [-0.25, -0.2) is 0 Å². The van der Waals surface area contributed by atoms with Crippen LogP contribution in [0.5, 0.6) is 5.75 Å². The highest BCUT2D eigenvalue weighted by Gasteiger charge is 2.14. The Kier molecular flexibility index (Phi) is 4.96. The first-order valence-electron chi connectivity index (χ1n) is 8.24. The lowest BCUT2D eigenvalue weighted by atomic mass is 9.98. The predicted molar refractivity (Wildman–Crippen MR) is 96.0 cm³/mol. The molecule has 0 amide bonds. The van der Waals surface area contributed by atoms with Gasteiger partial charge in [0.05, 0.1) is 6.04 Å². The molecule has 1 heterocycles. The molecule has 0 aliphatic heterocycles. The van der Waals surface area contributed by atoms with E-state index in [2.05, 4.69) is 17.1 Å². The number of H-pyrrole nitrogens is 1. The highest BCUT2D eigenvalue weighted by Crippen LogP contribution is 2.19. The van der Waals surface area contributed by atoms with Gasteiger partial charge in [0.2, 0.25) is 0 Å². The summed E-state index contributed by atoms with van der Waals surface area (Å²) in [6.45, 7) is 0. The number of fused-ring (bicyclic) bond motifs is 1. The molecular formula is C20H22N2O2. The molecule has 3 aromatic rings. The maximum absolute atomic E-state index is 12.2. The number of nitrogens with one attached hydrogen (secondary N) is 1. The van der Waals surface area contributed by atoms with Crippen LogP contribution in [0.4, 0.5) is 0 Å². The number of aryl methyl sites for hydroxylation is 1. The summed E-state index contributed by atoms with van der Waals surface area (Å²) >= 11 is 0. The van der Waals surface area contributed by atoms with E-state index in [-0.39, 0.29) is 11.5 Å². The Morgan fingerprint density at radius 3 is 2.67 bits per heavy atom. The average molecular weight is 322 g/mol. The summed E-state index contributed by atoms with van der Waals surface area (Å²) in [6, 6.07) is 14.5. The molecule has 0 spiro atoms. The molecular weight excluding hydrogens is 300 g/mol. The minimum atomic E-state index is -0.488. The van der Waals surface area contributed by atoms with E-state index in [1.54, 1.807) is 24.3 Å². The quantitative estimate of drug-likeness (QED) is 0.624. The fraction of sp³-hybridized carbons (Fsp3) is 0.250. The summed E-state index contributed by atoms with van der Waals surface area (Å²) < 4.78 is 0. The normalized spacial score (nSPS) is 12.4. The zero-order valence-corrected chi connectivity index (χ0v) is 13.5. The number of benzene rings is 2. The van der Waals surface area contributed by atoms with Crippen molar-refractivity contribution in [3.63, 3.8) is 0 Å². The molecule has 1 atom stereocenters. The summed E-state index contributed by atoms with van der Waals surface area (Å²) in [7, 11) is 0. The predicted octanol–water partition coefficient (Wildman–Crippen LogP) is 3.34. The van der Waals surface area contributed by atoms with E-state index in [4.69, 9.17) is 5.73 Å². The maximum atomic E-state index is 12.2. The van der Waals surface area contributed by atoms with Gasteiger partial charge in [-0.3, -0.25) is 4.79 Å². The van der Waals surface area contributed by atoms with Crippen molar-refractivity contribution in [1.82, 2.24) is 4.98 Å². The molecule has 0 saturated heterocycles. The van der Waals surface area contributed by atoms with E-state index in [1.165, 1.54) is 10.9 Å². The monoisotopic (exact) mass is 322 g/mol. The average Bonchev–Trinajstić information content (AvgIpc) is 3.00. The lowest BCUT2D eigenvalue weighted by Crippen LogP contribution is -2.32. The van der Waals surface area contributed by atoms with Crippen LogP contribution in [0, 0.1) is 0 Å². The minimum Gasteiger partial charge on any atom is -0.508 e. The number of Topliss-reactive ketones (excluding diaryl/α,β-unsaturated/α-hetero) is 1. The van der Waals surface area contributed by atoms with Crippen LogP contribution < -0.4 is 5.73 Å². The van der Waals surface area contributed by atoms with Crippen LogP contribution in [0.1, 0.15) is 24.0 Å². The molecule has 2 aromatic carbocycles. The van der Waals surface area contributed by atoms with Gasteiger partial charge in [-0.2, -0.15) is 0 Å². The van der Waals surface area contributed by atoms with Crippen LogP contribution in [-0.2, 0) is 17.6 Å². The molecule has 0 radical (unpaired) electrons. The summed E-state index contributed by atoms with van der Waals surface area (Å²) in [6.07, 6.45) is 4.67. The number of nitrogens with two attached hydrogens (primary N) is 1. The molecule has 24 heavy (non-hydrogen) atoms. The second-order valence-corrected chi connectivity index (χ2v) is 6.16. The molecule has 0 aliphatic carbocycles. The van der Waals surface area contributed by atoms with Crippen molar-refractivity contribution in [3.05, 3.63) is 65.9 Å². The third kappa shape index (κ3) is 3.84. The molecule has 0 bridgehead atoms. The molecule has 1 aromatic heterocycles. The Balaban J connectivity index is 1.50. The summed E-state index contributed by atoms with van der Waals surface area (Å²) in [5.41, 5.74) is 9.35. The number of phenols is 1. The molecule has 4 heteroatoms. The zero-order chi connectivity index (χ0) is 16.9. The van der Waals surface area contributed by atoms with Gasteiger partial charge in [0, 0.05) is 23.5 Å². The van der Waals surface area contributed by atoms with E-state index in [1.807, 2.05) is 18.3 Å². The molecule has 124 valence electrons. The SMILES string of the molecule is NC(Cc1ccc(O)cc1)C(=O)CCCc1c[nH]c2ccccc12. The number of para-hydroxylation sites is 1. The lowest BCUT2D eigenvalue weighted by Gasteiger charge is -2.10. The van der Waals surface area contributed by atoms with Gasteiger partial charge < -0.3 is 15.8 Å². The van der Waals surface area contributed by atoms with Crippen LogP contribution in [0.2, 0.25) is 0 Å². The van der Waals surface area contributed by atoms with Crippen molar-refractivity contribution in [2.24, 2.45) is 5.73 Å². The topological polar surface area (TPSA) is 79.1 Å². The number of hydrogen-bond donors (Lipinski definition) is 3. The molecule has 4 N–H and O–H groups in total. The van der Waals surface area contributed by atoms with Crippen LogP contribution in [0.15, 0.2) is 54.7 Å². The van der Waals surface area contributed by atoms with Gasteiger partial charge >= 0.3 is 0 Å². The van der Waals surface area contributed by atoms with E-state index in [0.29, 0.717) is 12.8 Å². The van der Waals surface area contributed by atoms with E-state index >= 15 is 0 Å². The Morgan fingerprint density at radius 1 is 1.12 bits per heavy atom. The number of aromatic hydroxyl groups is 1. The number of aromatic amines is 1. The van der Waals surface area contributed by atoms with E-state index < -0.39 is 6.04 Å². The number of carbonyl (C=O) groups is 1. The van der Waals surface area contributed by atoms with Gasteiger partial charge in [0.15, 0.2) is 0 Å². The Bertz CT molecular complexity index is 821. The number of ketones is 1. The molecule has 4 nitrogen and oxygen atoms in total. The third-order valence-corrected chi connectivity index (χ3v) is 4.35. The summed E-state index contributed by atoms with van der Waals surface area (Å²) in [5.74, 6) is 0.306. The van der Waals surface area contributed by atoms with Gasteiger partial charge in [-0.05, 0) is 48.6 Å². The molecule has 0 saturated carbocycles. The molecule has 3 rings (SSSR count). The lowest BCUT2D eigenvalue weighted by molar-refractivity contribution is -0.120. The maximum Gasteiger partial charge on any atom is 0.149 e. The highest BCUT2D eigenvalue weighted by atomic mass is 16.3. The van der Waals surface area contributed by atoms with Crippen molar-refractivity contribution < 1.29 is 9.90 Å². The van der Waals surface area contributed by atoms with Crippen molar-refractivity contribution >= 4 is 16.7 Å². The highest BCUT2D eigenvalue weighted by molar-refractivity contribution is 5.85. The zero-order valence-electron chi connectivity index (χ0n) is 13.5. The fourth-order valence-corrected chi connectivity index (χ4v) is 2.98. The van der Waals surface area contributed by atoms with Crippen molar-refractivity contribution in [1.29, 1.82) is 0 Å². The van der Waals surface area contributed by atoms with Crippen molar-refractivity contribution in [2.75, 3.05) is 0 Å². The van der Waals surface area contributed by atoms with Crippen LogP contribution in [0.3, 0.4) is 0 Å². The van der Waals surface area contributed by atoms with Gasteiger partial charge in [-0.15, -0.1) is 0 Å². The van der Waals surface area contributed by atoms with Crippen LogP contribution >= 0.6 is 0 Å². The first kappa shape index (κ1) is 16.3. The van der Waals surface area contributed by atoms with Crippen molar-refractivity contribution in [2.45, 2.75) is 31.7 Å². The Morgan fingerprint density at radius 2 is 1.88 bits per heavy atom. The fourth-order valence-electron chi connectivity index (χ4n) is 2.98. The summed E-state index contributed by atoms with van der Waals surface area (Å²) in [4.78, 5) is 15.5. The smallest absolute Gasteiger partial charge is 0.149 e. The molecule has 0 aliphatic rings. The Hall–Kier alpha value is -2.59. The number of carbonyl (C=O) groups excluding carboxylic acids is 1. The number of aromatic nitrogens is 1. The number of phenolic OH excluding ortho intramolecular Hbond substituents is 1. The molecule has 1 unspecified atom stereocenters. The summed E-state index contributed by atoms with van der Waals surface area (Å²) in [5, 5.41) is 10.5. The minimum absolute atomic E-state index is 0.0860. The van der Waals surface area contributed by atoms with Crippen LogP contribution in [-0.4, -0.2) is 21.9 Å². The third-order valence-electron chi connectivity index (χ3n) is 4.35. The van der Waals surface area contributed by atoms with Crippen LogP contribution in [0.25, 0.3) is 10.9 Å². The largest absolute Gasteiger partial charge is 0.508 e.